The average molecular weight is 274 g/mol. The molecule has 0 saturated carbocycles. The number of nitro groups is 1. The van der Waals surface area contributed by atoms with Crippen molar-refractivity contribution in [3.8, 4) is 0 Å². The van der Waals surface area contributed by atoms with Crippen molar-refractivity contribution in [3.63, 3.8) is 0 Å². The molecule has 2 unspecified atom stereocenters. The van der Waals surface area contributed by atoms with Gasteiger partial charge in [0.15, 0.2) is 0 Å². The van der Waals surface area contributed by atoms with E-state index in [0.717, 1.165) is 6.42 Å². The molecule has 1 aromatic rings. The van der Waals surface area contributed by atoms with Gasteiger partial charge in [0.2, 0.25) is 0 Å². The van der Waals surface area contributed by atoms with Gasteiger partial charge >= 0.3 is 5.69 Å². The Morgan fingerprint density at radius 3 is 2.33 bits per heavy atom. The van der Waals surface area contributed by atoms with Crippen molar-refractivity contribution < 1.29 is 4.92 Å². The van der Waals surface area contributed by atoms with Crippen LogP contribution in [0.5, 0.6) is 0 Å². The third-order valence-electron chi connectivity index (χ3n) is 3.11. The van der Waals surface area contributed by atoms with Crippen molar-refractivity contribution in [2.24, 2.45) is 0 Å². The summed E-state index contributed by atoms with van der Waals surface area (Å²) in [6.45, 7) is 9.45. The van der Waals surface area contributed by atoms with Gasteiger partial charge < -0.3 is 0 Å². The molecule has 0 bridgehead atoms. The lowest BCUT2D eigenvalue weighted by atomic mass is 9.97. The zero-order valence-corrected chi connectivity index (χ0v) is 12.2. The highest BCUT2D eigenvalue weighted by Crippen LogP contribution is 2.36. The predicted molar refractivity (Wildman–Crippen MR) is 72.4 cm³/mol. The van der Waals surface area contributed by atoms with E-state index in [1.165, 1.54) is 0 Å². The quantitative estimate of drug-likeness (QED) is 0.466. The second kappa shape index (κ2) is 5.69. The summed E-state index contributed by atoms with van der Waals surface area (Å²) in [7, 11) is 0. The molecule has 5 nitrogen and oxygen atoms in total. The number of alkyl halides is 1. The van der Waals surface area contributed by atoms with Crippen LogP contribution in [0.15, 0.2) is 0 Å². The molecule has 0 radical (unpaired) electrons. The lowest BCUT2D eigenvalue weighted by Crippen LogP contribution is -2.17. The van der Waals surface area contributed by atoms with Crippen LogP contribution in [-0.2, 0) is 0 Å². The summed E-state index contributed by atoms with van der Waals surface area (Å²) in [6, 6.07) is 0.0804. The Balaban J connectivity index is 3.49. The molecular weight excluding hydrogens is 254 g/mol. The summed E-state index contributed by atoms with van der Waals surface area (Å²) in [6.07, 6.45) is 0.753. The van der Waals surface area contributed by atoms with E-state index in [1.54, 1.807) is 11.6 Å². The van der Waals surface area contributed by atoms with Crippen LogP contribution in [0.4, 0.5) is 5.69 Å². The number of aromatic nitrogens is 2. The molecule has 6 heteroatoms. The lowest BCUT2D eigenvalue weighted by Gasteiger charge is -2.20. The largest absolute Gasteiger partial charge is 0.313 e. The van der Waals surface area contributed by atoms with Crippen LogP contribution in [0, 0.1) is 17.0 Å². The monoisotopic (exact) mass is 273 g/mol. The van der Waals surface area contributed by atoms with Crippen LogP contribution in [0.25, 0.3) is 0 Å². The van der Waals surface area contributed by atoms with Crippen LogP contribution in [-0.4, -0.2) is 20.1 Å². The second-order valence-corrected chi connectivity index (χ2v) is 5.50. The van der Waals surface area contributed by atoms with E-state index < -0.39 is 0 Å². The average Bonchev–Trinajstić information content (AvgIpc) is 2.56. The summed E-state index contributed by atoms with van der Waals surface area (Å²) < 4.78 is 1.74. The van der Waals surface area contributed by atoms with Gasteiger partial charge in [0.25, 0.3) is 0 Å². The van der Waals surface area contributed by atoms with Gasteiger partial charge in [0.05, 0.1) is 4.92 Å². The van der Waals surface area contributed by atoms with Gasteiger partial charge in [-0.25, -0.2) is 0 Å². The van der Waals surface area contributed by atoms with Crippen LogP contribution in [0.3, 0.4) is 0 Å². The Morgan fingerprint density at radius 1 is 1.44 bits per heavy atom. The summed E-state index contributed by atoms with van der Waals surface area (Å²) in [5.41, 5.74) is 1.22. The first-order valence-electron chi connectivity index (χ1n) is 6.18. The molecule has 0 spiro atoms. The number of nitrogens with zero attached hydrogens (tertiary/aromatic N) is 3. The highest BCUT2D eigenvalue weighted by atomic mass is 35.5. The fraction of sp³-hybridized carbons (Fsp3) is 0.750. The fourth-order valence-electron chi connectivity index (χ4n) is 2.26. The van der Waals surface area contributed by atoms with Crippen LogP contribution in [0.2, 0.25) is 0 Å². The molecule has 0 N–H and O–H groups in total. The maximum atomic E-state index is 11.2. The van der Waals surface area contributed by atoms with E-state index in [0.29, 0.717) is 11.4 Å². The molecule has 102 valence electrons. The molecule has 0 aliphatic heterocycles. The lowest BCUT2D eigenvalue weighted by molar-refractivity contribution is -0.386. The van der Waals surface area contributed by atoms with Crippen LogP contribution in [0.1, 0.15) is 57.5 Å². The molecule has 0 aliphatic carbocycles. The van der Waals surface area contributed by atoms with Crippen LogP contribution < -0.4 is 0 Å². The fourth-order valence-corrected chi connectivity index (χ4v) is 2.55. The van der Waals surface area contributed by atoms with Crippen molar-refractivity contribution in [2.45, 2.75) is 58.4 Å². The summed E-state index contributed by atoms with van der Waals surface area (Å²) >= 11 is 6.18. The molecule has 2 atom stereocenters. The minimum Gasteiger partial charge on any atom is -0.259 e. The maximum absolute atomic E-state index is 11.2. The van der Waals surface area contributed by atoms with Crippen LogP contribution >= 0.6 is 11.6 Å². The number of hydrogen-bond donors (Lipinski definition) is 0. The van der Waals surface area contributed by atoms with Crippen molar-refractivity contribution in [2.75, 3.05) is 0 Å². The van der Waals surface area contributed by atoms with Gasteiger partial charge in [-0.1, -0.05) is 6.92 Å². The van der Waals surface area contributed by atoms with E-state index in [-0.39, 0.29) is 27.9 Å². The van der Waals surface area contributed by atoms with Gasteiger partial charge in [0.1, 0.15) is 11.4 Å². The van der Waals surface area contributed by atoms with Gasteiger partial charge in [-0.3, -0.25) is 14.8 Å². The number of aryl methyl sites for hydroxylation is 1. The minimum atomic E-state index is -0.349. The first kappa shape index (κ1) is 15.0. The van der Waals surface area contributed by atoms with Gasteiger partial charge in [-0.15, -0.1) is 11.6 Å². The zero-order valence-electron chi connectivity index (χ0n) is 11.5. The Bertz CT molecular complexity index is 441. The molecule has 0 amide bonds. The van der Waals surface area contributed by atoms with Crippen molar-refractivity contribution in [1.82, 2.24) is 9.78 Å². The highest BCUT2D eigenvalue weighted by molar-refractivity contribution is 6.20. The first-order chi connectivity index (χ1) is 8.31. The minimum absolute atomic E-state index is 0.0596. The van der Waals surface area contributed by atoms with Gasteiger partial charge in [-0.2, -0.15) is 5.10 Å². The molecule has 1 rings (SSSR count). The standard InChI is InChI=1S/C12H20ClN3O2/c1-6-10(8(4)13)12-11(16(17)18)9(5)14-15(12)7(2)3/h7-8,10H,6H2,1-5H3. The third kappa shape index (κ3) is 2.66. The molecular formula is C12H20ClN3O2. The zero-order chi connectivity index (χ0) is 14.0. The highest BCUT2D eigenvalue weighted by Gasteiger charge is 2.33. The van der Waals surface area contributed by atoms with Gasteiger partial charge in [0, 0.05) is 17.3 Å². The molecule has 0 fully saturated rings. The second-order valence-electron chi connectivity index (χ2n) is 4.81. The molecule has 0 saturated heterocycles. The Labute approximate surface area is 112 Å². The van der Waals surface area contributed by atoms with E-state index in [1.807, 2.05) is 27.7 Å². The number of halogens is 1. The smallest absolute Gasteiger partial charge is 0.259 e. The Hall–Kier alpha value is -1.10. The third-order valence-corrected chi connectivity index (χ3v) is 3.41. The van der Waals surface area contributed by atoms with E-state index in [4.69, 9.17) is 11.6 Å². The number of rotatable bonds is 5. The number of hydrogen-bond acceptors (Lipinski definition) is 3. The Morgan fingerprint density at radius 2 is 2.00 bits per heavy atom. The molecule has 1 aromatic heterocycles. The summed E-state index contributed by atoms with van der Waals surface area (Å²) in [5, 5.41) is 15.4. The SMILES string of the molecule is CCC(c1c([N+](=O)[O-])c(C)nn1C(C)C)C(C)Cl. The maximum Gasteiger partial charge on any atom is 0.313 e. The van der Waals surface area contributed by atoms with Gasteiger partial charge in [-0.05, 0) is 34.1 Å². The predicted octanol–water partition coefficient (Wildman–Crippen LogP) is 3.80. The van der Waals surface area contributed by atoms with Crippen molar-refractivity contribution >= 4 is 17.3 Å². The summed E-state index contributed by atoms with van der Waals surface area (Å²) in [5.74, 6) is -0.0596. The normalized spacial score (nSPS) is 14.8. The Kier molecular flexibility index (Phi) is 4.73. The molecule has 18 heavy (non-hydrogen) atoms. The molecule has 0 aromatic carbocycles. The van der Waals surface area contributed by atoms with Crippen molar-refractivity contribution in [3.05, 3.63) is 21.5 Å². The molecule has 1 heterocycles. The summed E-state index contributed by atoms with van der Waals surface area (Å²) in [4.78, 5) is 10.9. The molecule has 0 aliphatic rings. The van der Waals surface area contributed by atoms with E-state index in [9.17, 15) is 10.1 Å². The van der Waals surface area contributed by atoms with E-state index in [2.05, 4.69) is 5.10 Å². The van der Waals surface area contributed by atoms with Crippen molar-refractivity contribution in [1.29, 1.82) is 0 Å². The first-order valence-corrected chi connectivity index (χ1v) is 6.62. The van der Waals surface area contributed by atoms with E-state index >= 15 is 0 Å². The topological polar surface area (TPSA) is 61.0 Å².